The van der Waals surface area contributed by atoms with Crippen molar-refractivity contribution in [3.63, 3.8) is 0 Å². The average molecular weight is 300 g/mol. The second-order valence-electron chi connectivity index (χ2n) is 4.29. The van der Waals surface area contributed by atoms with Gasteiger partial charge in [0.05, 0.1) is 23.1 Å². The molecule has 3 aromatic rings. The quantitative estimate of drug-likeness (QED) is 0.801. The van der Waals surface area contributed by atoms with Crippen molar-refractivity contribution in [3.05, 3.63) is 59.4 Å². The Bertz CT molecular complexity index is 799. The molecule has 0 saturated carbocycles. The summed E-state index contributed by atoms with van der Waals surface area (Å²) in [5.74, 6) is -1.38. The van der Waals surface area contributed by atoms with E-state index in [2.05, 4.69) is 9.97 Å². The van der Waals surface area contributed by atoms with Crippen LogP contribution < -0.4 is 0 Å². The van der Waals surface area contributed by atoms with Crippen LogP contribution in [0.3, 0.4) is 0 Å². The molecule has 4 nitrogen and oxygen atoms in total. The molecule has 0 aliphatic carbocycles. The smallest absolute Gasteiger partial charge is 0.335 e. The second kappa shape index (κ2) is 5.41. The summed E-state index contributed by atoms with van der Waals surface area (Å²) in [6, 6.07) is 9.46. The van der Waals surface area contributed by atoms with E-state index < -0.39 is 11.8 Å². The van der Waals surface area contributed by atoms with E-state index >= 15 is 0 Å². The number of carboxylic acid groups (broad SMARTS) is 1. The molecule has 0 atom stereocenters. The first-order valence-electron chi connectivity index (χ1n) is 6.04. The summed E-state index contributed by atoms with van der Waals surface area (Å²) >= 11 is 1.37. The minimum Gasteiger partial charge on any atom is -0.478 e. The van der Waals surface area contributed by atoms with Crippen molar-refractivity contribution in [2.24, 2.45) is 0 Å². The normalized spacial score (nSPS) is 10.5. The van der Waals surface area contributed by atoms with Gasteiger partial charge in [0, 0.05) is 10.9 Å². The number of hydrogen-bond acceptors (Lipinski definition) is 4. The van der Waals surface area contributed by atoms with Gasteiger partial charge in [-0.15, -0.1) is 11.3 Å². The lowest BCUT2D eigenvalue weighted by Crippen LogP contribution is -1.95. The van der Waals surface area contributed by atoms with Crippen LogP contribution in [0.5, 0.6) is 0 Å². The molecule has 1 aromatic carbocycles. The number of pyridine rings is 1. The minimum absolute atomic E-state index is 0.210. The van der Waals surface area contributed by atoms with E-state index in [1.807, 2.05) is 5.38 Å². The fourth-order valence-corrected chi connectivity index (χ4v) is 2.64. The molecule has 0 aliphatic heterocycles. The molecule has 2 heterocycles. The van der Waals surface area contributed by atoms with Crippen LogP contribution in [0.4, 0.5) is 4.39 Å². The maximum absolute atomic E-state index is 12.9. The zero-order valence-electron chi connectivity index (χ0n) is 10.7. The van der Waals surface area contributed by atoms with Crippen LogP contribution in [0.15, 0.2) is 48.0 Å². The number of rotatable bonds is 3. The molecular formula is C15H9FN2O2S. The van der Waals surface area contributed by atoms with Gasteiger partial charge in [-0.2, -0.15) is 0 Å². The van der Waals surface area contributed by atoms with Crippen LogP contribution in [0.25, 0.3) is 22.0 Å². The van der Waals surface area contributed by atoms with E-state index in [0.29, 0.717) is 16.4 Å². The lowest BCUT2D eigenvalue weighted by molar-refractivity contribution is 0.0697. The summed E-state index contributed by atoms with van der Waals surface area (Å²) in [7, 11) is 0. The number of carboxylic acids is 1. The predicted molar refractivity (Wildman–Crippen MR) is 77.7 cm³/mol. The third-order valence-electron chi connectivity index (χ3n) is 2.86. The van der Waals surface area contributed by atoms with Crippen LogP contribution in [-0.4, -0.2) is 21.0 Å². The Labute approximate surface area is 123 Å². The van der Waals surface area contributed by atoms with Gasteiger partial charge in [0.1, 0.15) is 10.8 Å². The van der Waals surface area contributed by atoms with Gasteiger partial charge >= 0.3 is 5.97 Å². The van der Waals surface area contributed by atoms with Crippen LogP contribution in [-0.2, 0) is 0 Å². The molecule has 3 rings (SSSR count). The van der Waals surface area contributed by atoms with Crippen LogP contribution >= 0.6 is 11.3 Å². The molecule has 0 bridgehead atoms. The summed E-state index contributed by atoms with van der Waals surface area (Å²) < 4.78 is 12.9. The van der Waals surface area contributed by atoms with Crippen molar-refractivity contribution in [2.45, 2.75) is 0 Å². The maximum atomic E-state index is 12.9. The number of hydrogen-bond donors (Lipinski definition) is 1. The van der Waals surface area contributed by atoms with Gasteiger partial charge in [-0.3, -0.25) is 4.98 Å². The predicted octanol–water partition coefficient (Wildman–Crippen LogP) is 3.71. The number of aromatic nitrogens is 2. The molecule has 0 unspecified atom stereocenters. The first kappa shape index (κ1) is 13.4. The Balaban J connectivity index is 1.96. The molecule has 0 radical (unpaired) electrons. The number of thiazole rings is 1. The fraction of sp³-hybridized carbons (Fsp3) is 0. The topological polar surface area (TPSA) is 63.1 Å². The highest BCUT2D eigenvalue weighted by atomic mass is 32.1. The van der Waals surface area contributed by atoms with Crippen molar-refractivity contribution in [3.8, 4) is 22.0 Å². The number of benzene rings is 1. The first-order chi connectivity index (χ1) is 10.1. The molecule has 6 heteroatoms. The maximum Gasteiger partial charge on any atom is 0.335 e. The molecule has 2 aromatic heterocycles. The molecule has 0 spiro atoms. The molecular weight excluding hydrogens is 291 g/mol. The summed E-state index contributed by atoms with van der Waals surface area (Å²) in [6.07, 6.45) is 1.14. The fourth-order valence-electron chi connectivity index (χ4n) is 1.84. The molecule has 0 aliphatic rings. The van der Waals surface area contributed by atoms with Crippen LogP contribution in [0.2, 0.25) is 0 Å². The van der Waals surface area contributed by atoms with E-state index in [-0.39, 0.29) is 5.56 Å². The summed E-state index contributed by atoms with van der Waals surface area (Å²) in [4.78, 5) is 19.4. The van der Waals surface area contributed by atoms with Crippen molar-refractivity contribution >= 4 is 17.3 Å². The van der Waals surface area contributed by atoms with Gasteiger partial charge in [0.15, 0.2) is 0 Å². The summed E-state index contributed by atoms with van der Waals surface area (Å²) in [6.45, 7) is 0. The van der Waals surface area contributed by atoms with Gasteiger partial charge in [-0.25, -0.2) is 14.2 Å². The van der Waals surface area contributed by atoms with Gasteiger partial charge in [0.2, 0.25) is 0 Å². The van der Waals surface area contributed by atoms with Gasteiger partial charge in [0.25, 0.3) is 0 Å². The van der Waals surface area contributed by atoms with E-state index in [9.17, 15) is 9.18 Å². The van der Waals surface area contributed by atoms with Crippen molar-refractivity contribution in [1.29, 1.82) is 0 Å². The van der Waals surface area contributed by atoms with Crippen molar-refractivity contribution in [1.82, 2.24) is 9.97 Å². The molecule has 0 amide bonds. The highest BCUT2D eigenvalue weighted by Crippen LogP contribution is 2.28. The third-order valence-corrected chi connectivity index (χ3v) is 3.72. The Morgan fingerprint density at radius 2 is 2.05 bits per heavy atom. The zero-order valence-corrected chi connectivity index (χ0v) is 11.5. The number of aromatic carboxylic acids is 1. The molecule has 21 heavy (non-hydrogen) atoms. The number of halogens is 1. The van der Waals surface area contributed by atoms with Gasteiger partial charge in [-0.1, -0.05) is 12.1 Å². The molecule has 0 fully saturated rings. The highest BCUT2D eigenvalue weighted by molar-refractivity contribution is 7.13. The zero-order chi connectivity index (χ0) is 14.8. The average Bonchev–Trinajstić information content (AvgIpc) is 2.98. The van der Waals surface area contributed by atoms with Gasteiger partial charge < -0.3 is 5.11 Å². The van der Waals surface area contributed by atoms with Crippen LogP contribution in [0.1, 0.15) is 10.4 Å². The lowest BCUT2D eigenvalue weighted by atomic mass is 10.1. The Hall–Kier alpha value is -2.60. The van der Waals surface area contributed by atoms with Crippen LogP contribution in [0, 0.1) is 5.82 Å². The molecule has 1 N–H and O–H groups in total. The number of nitrogens with zero attached hydrogens (tertiary/aromatic N) is 2. The Morgan fingerprint density at radius 1 is 1.19 bits per heavy atom. The lowest BCUT2D eigenvalue weighted by Gasteiger charge is -1.99. The van der Waals surface area contributed by atoms with E-state index in [0.717, 1.165) is 11.8 Å². The molecule has 104 valence electrons. The van der Waals surface area contributed by atoms with Crippen molar-refractivity contribution < 1.29 is 14.3 Å². The van der Waals surface area contributed by atoms with E-state index in [4.69, 9.17) is 5.11 Å². The second-order valence-corrected chi connectivity index (χ2v) is 5.14. The highest BCUT2D eigenvalue weighted by Gasteiger charge is 2.10. The minimum atomic E-state index is -0.979. The van der Waals surface area contributed by atoms with E-state index in [1.54, 1.807) is 24.3 Å². The summed E-state index contributed by atoms with van der Waals surface area (Å²) in [5.41, 5.74) is 2.19. The SMILES string of the molecule is O=C(O)c1cccc(-c2csc(-c3ccc(F)cn3)n2)c1. The Kier molecular flexibility index (Phi) is 3.45. The largest absolute Gasteiger partial charge is 0.478 e. The molecule has 0 saturated heterocycles. The Morgan fingerprint density at radius 3 is 2.76 bits per heavy atom. The first-order valence-corrected chi connectivity index (χ1v) is 6.92. The monoisotopic (exact) mass is 300 g/mol. The van der Waals surface area contributed by atoms with E-state index in [1.165, 1.54) is 23.5 Å². The standard InChI is InChI=1S/C15H9FN2O2S/c16-11-4-5-12(17-7-11)14-18-13(8-21-14)9-2-1-3-10(6-9)15(19)20/h1-8H,(H,19,20). The number of carbonyl (C=O) groups is 1. The summed E-state index contributed by atoms with van der Waals surface area (Å²) in [5, 5.41) is 11.5. The van der Waals surface area contributed by atoms with Crippen molar-refractivity contribution in [2.75, 3.05) is 0 Å². The van der Waals surface area contributed by atoms with Gasteiger partial charge in [-0.05, 0) is 24.3 Å². The third kappa shape index (κ3) is 2.80.